The Hall–Kier alpha value is -4.06. The summed E-state index contributed by atoms with van der Waals surface area (Å²) in [7, 11) is 0. The fraction of sp³-hybridized carbons (Fsp3) is 0.105. The molecule has 28 heavy (non-hydrogen) atoms. The number of hydrogen-bond acceptors (Lipinski definition) is 7. The standard InChI is InChI=1S/C14H12FN3.C5H5N5/c1-2-11-14(12-5-3-4-8-16-12)18-9-10(15)6-7-13(18)17-11;6-1-3-4(7)9-2-10-5(3)8/h3-9H,2H2,1H3;2H,(H4,7,8,9,10). The summed E-state index contributed by atoms with van der Waals surface area (Å²) in [4.78, 5) is 16.0. The molecule has 0 saturated heterocycles. The predicted molar refractivity (Wildman–Crippen MR) is 103 cm³/mol. The lowest BCUT2D eigenvalue weighted by Gasteiger charge is -2.03. The van der Waals surface area contributed by atoms with Crippen LogP contribution in [0.5, 0.6) is 0 Å². The lowest BCUT2D eigenvalue weighted by atomic mass is 10.2. The number of nitrogen functional groups attached to an aromatic ring is 2. The van der Waals surface area contributed by atoms with Crippen LogP contribution in [-0.4, -0.2) is 24.3 Å². The molecule has 0 spiro atoms. The molecule has 0 radical (unpaired) electrons. The Balaban J connectivity index is 0.000000192. The Kier molecular flexibility index (Phi) is 5.41. The molecule has 0 fully saturated rings. The molecule has 4 heterocycles. The Bertz CT molecular complexity index is 1130. The fourth-order valence-corrected chi connectivity index (χ4v) is 2.62. The molecule has 0 saturated carbocycles. The van der Waals surface area contributed by atoms with E-state index >= 15 is 0 Å². The maximum Gasteiger partial charge on any atom is 0.146 e. The number of nitrogens with zero attached hydrogens (tertiary/aromatic N) is 6. The van der Waals surface area contributed by atoms with E-state index in [9.17, 15) is 4.39 Å². The highest BCUT2D eigenvalue weighted by atomic mass is 19.1. The number of imidazole rings is 1. The first-order valence-electron chi connectivity index (χ1n) is 8.39. The molecule has 4 N–H and O–H groups in total. The van der Waals surface area contributed by atoms with Gasteiger partial charge in [0.25, 0.3) is 0 Å². The van der Waals surface area contributed by atoms with Gasteiger partial charge in [-0.05, 0) is 30.7 Å². The van der Waals surface area contributed by atoms with Crippen molar-refractivity contribution in [2.45, 2.75) is 13.3 Å². The molecule has 0 aliphatic heterocycles. The highest BCUT2D eigenvalue weighted by Crippen LogP contribution is 2.24. The molecule has 0 aliphatic rings. The van der Waals surface area contributed by atoms with Crippen molar-refractivity contribution in [3.05, 3.63) is 66.1 Å². The third kappa shape index (κ3) is 3.71. The highest BCUT2D eigenvalue weighted by Gasteiger charge is 2.13. The maximum absolute atomic E-state index is 13.4. The SMILES string of the molecule is CCc1nc2ccc(F)cn2c1-c1ccccn1.N#Cc1c(N)ncnc1N. The van der Waals surface area contributed by atoms with E-state index in [-0.39, 0.29) is 23.0 Å². The molecule has 4 aromatic heterocycles. The van der Waals surface area contributed by atoms with E-state index in [1.54, 1.807) is 22.7 Å². The van der Waals surface area contributed by atoms with Gasteiger partial charge in [0.15, 0.2) is 0 Å². The average Bonchev–Trinajstić information content (AvgIpc) is 3.07. The second-order valence-electron chi connectivity index (χ2n) is 5.68. The van der Waals surface area contributed by atoms with Gasteiger partial charge >= 0.3 is 0 Å². The van der Waals surface area contributed by atoms with Crippen molar-refractivity contribution in [2.75, 3.05) is 11.5 Å². The van der Waals surface area contributed by atoms with E-state index < -0.39 is 0 Å². The van der Waals surface area contributed by atoms with Gasteiger partial charge < -0.3 is 11.5 Å². The number of aromatic nitrogens is 5. The van der Waals surface area contributed by atoms with Gasteiger partial charge in [0, 0.05) is 12.4 Å². The zero-order valence-corrected chi connectivity index (χ0v) is 15.0. The van der Waals surface area contributed by atoms with Gasteiger partial charge in [0.2, 0.25) is 0 Å². The molecule has 0 aromatic carbocycles. The van der Waals surface area contributed by atoms with Gasteiger partial charge in [-0.15, -0.1) is 0 Å². The maximum atomic E-state index is 13.4. The molecule has 9 heteroatoms. The molecule has 0 unspecified atom stereocenters. The molecular formula is C19H17FN8. The van der Waals surface area contributed by atoms with Crippen LogP contribution in [-0.2, 0) is 6.42 Å². The van der Waals surface area contributed by atoms with Crippen LogP contribution >= 0.6 is 0 Å². The topological polar surface area (TPSA) is 132 Å². The monoisotopic (exact) mass is 376 g/mol. The largest absolute Gasteiger partial charge is 0.382 e. The molecule has 0 amide bonds. The number of nitriles is 1. The van der Waals surface area contributed by atoms with Crippen LogP contribution in [0, 0.1) is 17.1 Å². The molecule has 8 nitrogen and oxygen atoms in total. The van der Waals surface area contributed by atoms with Gasteiger partial charge in [0.05, 0.1) is 17.1 Å². The van der Waals surface area contributed by atoms with Crippen LogP contribution in [0.1, 0.15) is 18.2 Å². The Labute approximate surface area is 160 Å². The molecule has 0 bridgehead atoms. The van der Waals surface area contributed by atoms with E-state index in [0.717, 1.165) is 29.1 Å². The average molecular weight is 376 g/mol. The summed E-state index contributed by atoms with van der Waals surface area (Å²) in [6.45, 7) is 2.03. The van der Waals surface area contributed by atoms with Crippen molar-refractivity contribution >= 4 is 17.3 Å². The minimum atomic E-state index is -0.278. The van der Waals surface area contributed by atoms with Crippen molar-refractivity contribution < 1.29 is 4.39 Å². The first-order valence-corrected chi connectivity index (χ1v) is 8.39. The number of aryl methyl sites for hydroxylation is 1. The van der Waals surface area contributed by atoms with E-state index in [2.05, 4.69) is 19.9 Å². The quantitative estimate of drug-likeness (QED) is 0.549. The van der Waals surface area contributed by atoms with Crippen LogP contribution in [0.15, 0.2) is 49.1 Å². The third-order valence-electron chi connectivity index (χ3n) is 3.91. The van der Waals surface area contributed by atoms with E-state index in [1.165, 1.54) is 18.6 Å². The Morgan fingerprint density at radius 1 is 1.11 bits per heavy atom. The molecule has 0 atom stereocenters. The predicted octanol–water partition coefficient (Wildman–Crippen LogP) is 2.61. The second-order valence-corrected chi connectivity index (χ2v) is 5.68. The van der Waals surface area contributed by atoms with Crippen LogP contribution < -0.4 is 11.5 Å². The van der Waals surface area contributed by atoms with Crippen LogP contribution in [0.4, 0.5) is 16.0 Å². The number of fused-ring (bicyclic) bond motifs is 1. The third-order valence-corrected chi connectivity index (χ3v) is 3.91. The second kappa shape index (κ2) is 8.09. The van der Waals surface area contributed by atoms with Crippen molar-refractivity contribution in [1.82, 2.24) is 24.3 Å². The molecule has 4 rings (SSSR count). The summed E-state index contributed by atoms with van der Waals surface area (Å²) in [6, 6.07) is 10.6. The van der Waals surface area contributed by atoms with Gasteiger partial charge in [-0.1, -0.05) is 13.0 Å². The summed E-state index contributed by atoms with van der Waals surface area (Å²) in [5, 5.41) is 8.41. The van der Waals surface area contributed by atoms with Crippen molar-refractivity contribution in [3.63, 3.8) is 0 Å². The fourth-order valence-electron chi connectivity index (χ4n) is 2.62. The van der Waals surface area contributed by atoms with Gasteiger partial charge in [-0.2, -0.15) is 5.26 Å². The number of nitrogens with two attached hydrogens (primary N) is 2. The summed E-state index contributed by atoms with van der Waals surface area (Å²) >= 11 is 0. The number of halogens is 1. The zero-order chi connectivity index (χ0) is 20.1. The summed E-state index contributed by atoms with van der Waals surface area (Å²) in [5.74, 6) is -0.0373. The minimum absolute atomic E-state index is 0.120. The normalized spacial score (nSPS) is 10.2. The Morgan fingerprint density at radius 2 is 1.86 bits per heavy atom. The van der Waals surface area contributed by atoms with Crippen molar-refractivity contribution in [3.8, 4) is 17.5 Å². The van der Waals surface area contributed by atoms with Gasteiger partial charge in [0.1, 0.15) is 41.1 Å². The van der Waals surface area contributed by atoms with Gasteiger partial charge in [-0.25, -0.2) is 19.3 Å². The van der Waals surface area contributed by atoms with E-state index in [0.29, 0.717) is 0 Å². The lowest BCUT2D eigenvalue weighted by Crippen LogP contribution is -2.01. The van der Waals surface area contributed by atoms with Crippen LogP contribution in [0.25, 0.3) is 17.0 Å². The zero-order valence-electron chi connectivity index (χ0n) is 15.0. The van der Waals surface area contributed by atoms with Gasteiger partial charge in [-0.3, -0.25) is 9.38 Å². The van der Waals surface area contributed by atoms with Crippen LogP contribution in [0.3, 0.4) is 0 Å². The number of hydrogen-bond donors (Lipinski definition) is 2. The van der Waals surface area contributed by atoms with E-state index in [4.69, 9.17) is 16.7 Å². The van der Waals surface area contributed by atoms with E-state index in [1.807, 2.05) is 25.1 Å². The molecular weight excluding hydrogens is 359 g/mol. The minimum Gasteiger partial charge on any atom is -0.382 e. The smallest absolute Gasteiger partial charge is 0.146 e. The summed E-state index contributed by atoms with van der Waals surface area (Å²) < 4.78 is 15.1. The van der Waals surface area contributed by atoms with Crippen LogP contribution in [0.2, 0.25) is 0 Å². The number of rotatable bonds is 2. The van der Waals surface area contributed by atoms with Crippen molar-refractivity contribution in [2.24, 2.45) is 0 Å². The highest BCUT2D eigenvalue weighted by molar-refractivity contribution is 5.64. The summed E-state index contributed by atoms with van der Waals surface area (Å²) in [5.41, 5.74) is 14.1. The number of pyridine rings is 2. The molecule has 0 aliphatic carbocycles. The Morgan fingerprint density at radius 3 is 2.43 bits per heavy atom. The summed E-state index contributed by atoms with van der Waals surface area (Å²) in [6.07, 6.45) is 5.18. The lowest BCUT2D eigenvalue weighted by molar-refractivity contribution is 0.619. The molecule has 4 aromatic rings. The first-order chi connectivity index (χ1) is 13.5. The van der Waals surface area contributed by atoms with Crippen molar-refractivity contribution in [1.29, 1.82) is 5.26 Å². The first kappa shape index (κ1) is 18.7. The molecule has 140 valence electrons. The number of anilines is 2.